The van der Waals surface area contributed by atoms with E-state index in [0.29, 0.717) is 0 Å². The third-order valence-electron chi connectivity index (χ3n) is 7.00. The quantitative estimate of drug-likeness (QED) is 0.277. The Kier molecular flexibility index (Phi) is 5.35. The number of hydrogen-bond donors (Lipinski definition) is 1. The van der Waals surface area contributed by atoms with Crippen molar-refractivity contribution < 1.29 is 0 Å². The minimum Gasteiger partial charge on any atom is -0.388 e. The molecule has 2 heteroatoms. The second-order valence-electron chi connectivity index (χ2n) is 8.94. The molecule has 0 radical (unpaired) electrons. The van der Waals surface area contributed by atoms with Gasteiger partial charge in [0.25, 0.3) is 0 Å². The molecule has 0 fully saturated rings. The highest BCUT2D eigenvalue weighted by Crippen LogP contribution is 2.38. The summed E-state index contributed by atoms with van der Waals surface area (Å²) in [6, 6.07) is 41.7. The Morgan fingerprint density at radius 3 is 2.11 bits per heavy atom. The maximum atomic E-state index is 3.40. The minimum atomic E-state index is 1.01. The van der Waals surface area contributed by atoms with Crippen molar-refractivity contribution in [1.29, 1.82) is 0 Å². The molecule has 0 unspecified atom stereocenters. The fourth-order valence-corrected chi connectivity index (χ4v) is 5.26. The lowest BCUT2D eigenvalue weighted by molar-refractivity contribution is 1.14. The maximum Gasteiger partial charge on any atom is 0.0541 e. The van der Waals surface area contributed by atoms with Crippen LogP contribution < -0.4 is 5.32 Å². The van der Waals surface area contributed by atoms with Gasteiger partial charge < -0.3 is 9.88 Å². The number of aromatic nitrogens is 1. The van der Waals surface area contributed by atoms with Crippen LogP contribution in [0.4, 0.5) is 5.69 Å². The summed E-state index contributed by atoms with van der Waals surface area (Å²) in [5.41, 5.74) is 11.1. The molecular weight excluding hydrogens is 424 g/mol. The van der Waals surface area contributed by atoms with E-state index < -0.39 is 0 Å². The van der Waals surface area contributed by atoms with Crippen molar-refractivity contribution in [3.8, 4) is 27.9 Å². The van der Waals surface area contributed by atoms with Gasteiger partial charge in [-0.15, -0.1) is 0 Å². The van der Waals surface area contributed by atoms with Gasteiger partial charge in [0, 0.05) is 34.8 Å². The highest BCUT2D eigenvalue weighted by molar-refractivity contribution is 6.10. The molecule has 1 heterocycles. The standard InChI is InChI=1S/C33H28N2/c1-3-23-11-7-8-14-27(23)29-21-24(17-19-31(29)34-2)25-18-20-33-30(22-25)28-15-9-10-16-32(28)35(33)26-12-5-4-6-13-26/h4-22,34H,3H2,1-2H3. The molecule has 0 saturated carbocycles. The predicted octanol–water partition coefficient (Wildman–Crippen LogP) is 8.72. The summed E-state index contributed by atoms with van der Waals surface area (Å²) >= 11 is 0. The first-order chi connectivity index (χ1) is 17.3. The average molecular weight is 453 g/mol. The van der Waals surface area contributed by atoms with Crippen LogP contribution in [0.25, 0.3) is 49.7 Å². The van der Waals surface area contributed by atoms with E-state index in [4.69, 9.17) is 0 Å². The van der Waals surface area contributed by atoms with Crippen molar-refractivity contribution in [2.45, 2.75) is 13.3 Å². The van der Waals surface area contributed by atoms with E-state index in [1.165, 1.54) is 55.3 Å². The molecule has 0 spiro atoms. The van der Waals surface area contributed by atoms with Crippen LogP contribution in [0.5, 0.6) is 0 Å². The predicted molar refractivity (Wildman–Crippen MR) is 151 cm³/mol. The number of rotatable bonds is 5. The molecule has 2 nitrogen and oxygen atoms in total. The Bertz CT molecular complexity index is 1660. The molecule has 35 heavy (non-hydrogen) atoms. The first-order valence-corrected chi connectivity index (χ1v) is 12.3. The van der Waals surface area contributed by atoms with E-state index in [-0.39, 0.29) is 0 Å². The summed E-state index contributed by atoms with van der Waals surface area (Å²) in [5, 5.41) is 5.94. The fraction of sp³-hybridized carbons (Fsp3) is 0.0909. The largest absolute Gasteiger partial charge is 0.388 e. The van der Waals surface area contributed by atoms with Crippen LogP contribution in [0.3, 0.4) is 0 Å². The van der Waals surface area contributed by atoms with E-state index >= 15 is 0 Å². The fourth-order valence-electron chi connectivity index (χ4n) is 5.26. The number of anilines is 1. The molecule has 170 valence electrons. The second kappa shape index (κ2) is 8.81. The molecule has 6 rings (SSSR count). The van der Waals surface area contributed by atoms with Crippen molar-refractivity contribution in [1.82, 2.24) is 4.57 Å². The molecule has 1 N–H and O–H groups in total. The second-order valence-corrected chi connectivity index (χ2v) is 8.94. The van der Waals surface area contributed by atoms with Crippen molar-refractivity contribution in [2.75, 3.05) is 12.4 Å². The molecule has 0 amide bonds. The van der Waals surface area contributed by atoms with Gasteiger partial charge in [-0.05, 0) is 71.1 Å². The zero-order chi connectivity index (χ0) is 23.8. The van der Waals surface area contributed by atoms with Gasteiger partial charge in [0.1, 0.15) is 0 Å². The summed E-state index contributed by atoms with van der Waals surface area (Å²) in [5.74, 6) is 0. The van der Waals surface area contributed by atoms with E-state index in [9.17, 15) is 0 Å². The van der Waals surface area contributed by atoms with Crippen molar-refractivity contribution in [2.24, 2.45) is 0 Å². The molecule has 0 aliphatic heterocycles. The number of hydrogen-bond acceptors (Lipinski definition) is 1. The van der Waals surface area contributed by atoms with Crippen molar-refractivity contribution in [3.63, 3.8) is 0 Å². The molecule has 0 aliphatic rings. The molecule has 0 aliphatic carbocycles. The van der Waals surface area contributed by atoms with Gasteiger partial charge >= 0.3 is 0 Å². The van der Waals surface area contributed by atoms with Crippen LogP contribution in [-0.2, 0) is 6.42 Å². The zero-order valence-electron chi connectivity index (χ0n) is 20.1. The van der Waals surface area contributed by atoms with E-state index in [2.05, 4.69) is 132 Å². The maximum absolute atomic E-state index is 3.40. The first kappa shape index (κ1) is 21.2. The Morgan fingerprint density at radius 1 is 0.600 bits per heavy atom. The van der Waals surface area contributed by atoms with Gasteiger partial charge in [-0.3, -0.25) is 0 Å². The number of nitrogens with zero attached hydrogens (tertiary/aromatic N) is 1. The number of para-hydroxylation sites is 2. The average Bonchev–Trinajstić information content (AvgIpc) is 3.27. The molecular formula is C33H28N2. The van der Waals surface area contributed by atoms with Gasteiger partial charge in [0.2, 0.25) is 0 Å². The monoisotopic (exact) mass is 452 g/mol. The van der Waals surface area contributed by atoms with Crippen LogP contribution in [0, 0.1) is 0 Å². The number of nitrogens with one attached hydrogen (secondary N) is 1. The first-order valence-electron chi connectivity index (χ1n) is 12.3. The van der Waals surface area contributed by atoms with Crippen LogP contribution >= 0.6 is 0 Å². The van der Waals surface area contributed by atoms with E-state index in [1.807, 2.05) is 7.05 Å². The minimum absolute atomic E-state index is 1.01. The van der Waals surface area contributed by atoms with Gasteiger partial charge in [-0.1, -0.05) is 79.7 Å². The van der Waals surface area contributed by atoms with Gasteiger partial charge in [-0.2, -0.15) is 0 Å². The number of benzene rings is 5. The highest BCUT2D eigenvalue weighted by Gasteiger charge is 2.14. The molecule has 0 bridgehead atoms. The Morgan fingerprint density at radius 2 is 1.29 bits per heavy atom. The van der Waals surface area contributed by atoms with E-state index in [1.54, 1.807) is 0 Å². The Balaban J connectivity index is 1.56. The topological polar surface area (TPSA) is 17.0 Å². The molecule has 5 aromatic carbocycles. The Hall–Kier alpha value is -4.30. The zero-order valence-corrected chi connectivity index (χ0v) is 20.1. The lowest BCUT2D eigenvalue weighted by Gasteiger charge is -2.15. The third-order valence-corrected chi connectivity index (χ3v) is 7.00. The van der Waals surface area contributed by atoms with Crippen molar-refractivity contribution in [3.05, 3.63) is 121 Å². The normalized spacial score (nSPS) is 11.3. The summed E-state index contributed by atoms with van der Waals surface area (Å²) in [6.45, 7) is 2.22. The number of fused-ring (bicyclic) bond motifs is 3. The van der Waals surface area contributed by atoms with Gasteiger partial charge in [0.05, 0.1) is 11.0 Å². The lowest BCUT2D eigenvalue weighted by Crippen LogP contribution is -1.95. The Labute approximate surface area is 206 Å². The van der Waals surface area contributed by atoms with Gasteiger partial charge in [0.15, 0.2) is 0 Å². The van der Waals surface area contributed by atoms with Crippen LogP contribution in [0.2, 0.25) is 0 Å². The summed E-state index contributed by atoms with van der Waals surface area (Å²) in [4.78, 5) is 0. The van der Waals surface area contributed by atoms with Crippen molar-refractivity contribution >= 4 is 27.5 Å². The smallest absolute Gasteiger partial charge is 0.0541 e. The number of aryl methyl sites for hydroxylation is 1. The van der Waals surface area contributed by atoms with Crippen LogP contribution in [0.15, 0.2) is 115 Å². The summed E-state index contributed by atoms with van der Waals surface area (Å²) in [6.07, 6.45) is 1.01. The molecule has 6 aromatic rings. The van der Waals surface area contributed by atoms with Gasteiger partial charge in [-0.25, -0.2) is 0 Å². The molecule has 0 saturated heterocycles. The van der Waals surface area contributed by atoms with Crippen LogP contribution in [0.1, 0.15) is 12.5 Å². The SMILES string of the molecule is CCc1ccccc1-c1cc(-c2ccc3c(c2)c2ccccc2n3-c2ccccc2)ccc1NC. The highest BCUT2D eigenvalue weighted by atomic mass is 15.0. The summed E-state index contributed by atoms with van der Waals surface area (Å²) < 4.78 is 2.36. The molecule has 1 aromatic heterocycles. The van der Waals surface area contributed by atoms with Crippen LogP contribution in [-0.4, -0.2) is 11.6 Å². The third kappa shape index (κ3) is 3.59. The van der Waals surface area contributed by atoms with E-state index in [0.717, 1.165) is 12.1 Å². The molecule has 0 atom stereocenters. The lowest BCUT2D eigenvalue weighted by atomic mass is 9.93. The summed E-state index contributed by atoms with van der Waals surface area (Å²) in [7, 11) is 2.00.